The first-order valence-corrected chi connectivity index (χ1v) is 8.17. The molecular weight excluding hydrogens is 302 g/mol. The lowest BCUT2D eigenvalue weighted by Crippen LogP contribution is -2.35. The predicted octanol–water partition coefficient (Wildman–Crippen LogP) is 3.72. The summed E-state index contributed by atoms with van der Waals surface area (Å²) >= 11 is 3.53. The van der Waals surface area contributed by atoms with Crippen LogP contribution in [0.1, 0.15) is 45.1 Å². The molecule has 0 saturated heterocycles. The Morgan fingerprint density at radius 3 is 2.74 bits per heavy atom. The van der Waals surface area contributed by atoms with Gasteiger partial charge in [-0.2, -0.15) is 0 Å². The summed E-state index contributed by atoms with van der Waals surface area (Å²) in [5, 5.41) is 3.41. The van der Waals surface area contributed by atoms with Gasteiger partial charge in [0.2, 0.25) is 0 Å². The van der Waals surface area contributed by atoms with Crippen molar-refractivity contribution in [3.63, 3.8) is 0 Å². The minimum Gasteiger partial charge on any atom is -0.354 e. The first kappa shape index (κ1) is 14.8. The second kappa shape index (κ2) is 7.25. The first-order valence-electron chi connectivity index (χ1n) is 7.38. The summed E-state index contributed by atoms with van der Waals surface area (Å²) in [5.41, 5.74) is 1.30. The minimum atomic E-state index is 0.680. The van der Waals surface area contributed by atoms with Crippen molar-refractivity contribution in [2.24, 2.45) is 0 Å². The molecule has 0 unspecified atom stereocenters. The van der Waals surface area contributed by atoms with Crippen LogP contribution in [-0.4, -0.2) is 24.1 Å². The van der Waals surface area contributed by atoms with E-state index >= 15 is 0 Å². The molecule has 1 N–H and O–H groups in total. The summed E-state index contributed by atoms with van der Waals surface area (Å²) in [5.74, 6) is 1.17. The van der Waals surface area contributed by atoms with Gasteiger partial charge in [0.1, 0.15) is 5.82 Å². The summed E-state index contributed by atoms with van der Waals surface area (Å²) < 4.78 is 1.06. The number of rotatable bonds is 6. The molecule has 2 rings (SSSR count). The topological polar surface area (TPSA) is 28.2 Å². The van der Waals surface area contributed by atoms with Crippen LogP contribution in [0.2, 0.25) is 0 Å². The van der Waals surface area contributed by atoms with Crippen molar-refractivity contribution >= 4 is 21.7 Å². The van der Waals surface area contributed by atoms with E-state index in [1.54, 1.807) is 0 Å². The van der Waals surface area contributed by atoms with Gasteiger partial charge < -0.3 is 10.2 Å². The SMILES string of the molecule is CCNCc1cc(Br)cnc1N(CC)C1CCCC1. The molecule has 1 heterocycles. The minimum absolute atomic E-state index is 0.680. The van der Waals surface area contributed by atoms with Crippen LogP contribution in [0.5, 0.6) is 0 Å². The monoisotopic (exact) mass is 325 g/mol. The lowest BCUT2D eigenvalue weighted by Gasteiger charge is -2.30. The molecule has 3 nitrogen and oxygen atoms in total. The van der Waals surface area contributed by atoms with E-state index in [9.17, 15) is 0 Å². The maximum Gasteiger partial charge on any atom is 0.133 e. The van der Waals surface area contributed by atoms with Crippen molar-refractivity contribution in [1.29, 1.82) is 0 Å². The normalized spacial score (nSPS) is 15.9. The molecule has 0 atom stereocenters. The lowest BCUT2D eigenvalue weighted by molar-refractivity contribution is 0.606. The maximum absolute atomic E-state index is 4.69. The fraction of sp³-hybridized carbons (Fsp3) is 0.667. The number of pyridine rings is 1. The van der Waals surface area contributed by atoms with E-state index in [-0.39, 0.29) is 0 Å². The number of nitrogens with one attached hydrogen (secondary N) is 1. The Labute approximate surface area is 124 Å². The van der Waals surface area contributed by atoms with Gasteiger partial charge >= 0.3 is 0 Å². The van der Waals surface area contributed by atoms with Gasteiger partial charge in [-0.3, -0.25) is 0 Å². The lowest BCUT2D eigenvalue weighted by atomic mass is 10.1. The van der Waals surface area contributed by atoms with E-state index in [4.69, 9.17) is 0 Å². The number of anilines is 1. The third-order valence-electron chi connectivity index (χ3n) is 3.85. The maximum atomic E-state index is 4.69. The Hall–Kier alpha value is -0.610. The van der Waals surface area contributed by atoms with Crippen molar-refractivity contribution in [2.45, 2.75) is 52.1 Å². The molecule has 19 heavy (non-hydrogen) atoms. The molecule has 1 fully saturated rings. The molecule has 1 aliphatic carbocycles. The van der Waals surface area contributed by atoms with Crippen molar-refractivity contribution in [3.05, 3.63) is 22.3 Å². The Morgan fingerprint density at radius 2 is 2.11 bits per heavy atom. The van der Waals surface area contributed by atoms with E-state index in [1.165, 1.54) is 37.1 Å². The Balaban J connectivity index is 2.24. The molecular formula is C15H24BrN3. The number of hydrogen-bond donors (Lipinski definition) is 1. The van der Waals surface area contributed by atoms with Crippen LogP contribution < -0.4 is 10.2 Å². The summed E-state index contributed by atoms with van der Waals surface area (Å²) in [6.45, 7) is 7.29. The molecule has 1 aliphatic rings. The number of halogens is 1. The van der Waals surface area contributed by atoms with Crippen molar-refractivity contribution in [3.8, 4) is 0 Å². The highest BCUT2D eigenvalue weighted by molar-refractivity contribution is 9.10. The zero-order chi connectivity index (χ0) is 13.7. The average Bonchev–Trinajstić information content (AvgIpc) is 2.93. The van der Waals surface area contributed by atoms with Crippen LogP contribution in [-0.2, 0) is 6.54 Å². The zero-order valence-corrected chi connectivity index (χ0v) is 13.5. The van der Waals surface area contributed by atoms with Crippen LogP contribution in [0.4, 0.5) is 5.82 Å². The van der Waals surface area contributed by atoms with Gasteiger partial charge in [-0.15, -0.1) is 0 Å². The van der Waals surface area contributed by atoms with Gasteiger partial charge in [-0.1, -0.05) is 19.8 Å². The summed E-state index contributed by atoms with van der Waals surface area (Å²) in [6, 6.07) is 2.88. The summed E-state index contributed by atoms with van der Waals surface area (Å²) in [4.78, 5) is 7.18. The summed E-state index contributed by atoms with van der Waals surface area (Å²) in [7, 11) is 0. The molecule has 0 bridgehead atoms. The van der Waals surface area contributed by atoms with E-state index in [0.29, 0.717) is 6.04 Å². The molecule has 0 radical (unpaired) electrons. The molecule has 0 amide bonds. The molecule has 4 heteroatoms. The van der Waals surface area contributed by atoms with Gasteiger partial charge in [0.15, 0.2) is 0 Å². The number of aromatic nitrogens is 1. The fourth-order valence-electron chi connectivity index (χ4n) is 2.92. The highest BCUT2D eigenvalue weighted by atomic mass is 79.9. The first-order chi connectivity index (χ1) is 9.26. The van der Waals surface area contributed by atoms with Gasteiger partial charge in [0.05, 0.1) is 0 Å². The number of nitrogens with zero attached hydrogens (tertiary/aromatic N) is 2. The molecule has 1 saturated carbocycles. The van der Waals surface area contributed by atoms with Crippen LogP contribution in [0.15, 0.2) is 16.7 Å². The molecule has 106 valence electrons. The van der Waals surface area contributed by atoms with Gasteiger partial charge in [-0.05, 0) is 48.3 Å². The number of hydrogen-bond acceptors (Lipinski definition) is 3. The smallest absolute Gasteiger partial charge is 0.133 e. The zero-order valence-electron chi connectivity index (χ0n) is 12.0. The van der Waals surface area contributed by atoms with E-state index in [1.807, 2.05) is 6.20 Å². The largest absolute Gasteiger partial charge is 0.354 e. The van der Waals surface area contributed by atoms with Crippen LogP contribution in [0, 0.1) is 0 Å². The van der Waals surface area contributed by atoms with E-state index in [0.717, 1.165) is 24.1 Å². The molecule has 0 aromatic carbocycles. The average molecular weight is 326 g/mol. The Morgan fingerprint density at radius 1 is 1.37 bits per heavy atom. The van der Waals surface area contributed by atoms with Gasteiger partial charge in [-0.25, -0.2) is 4.98 Å². The van der Waals surface area contributed by atoms with Crippen molar-refractivity contribution in [1.82, 2.24) is 10.3 Å². The predicted molar refractivity (Wildman–Crippen MR) is 84.6 cm³/mol. The second-order valence-electron chi connectivity index (χ2n) is 5.14. The van der Waals surface area contributed by atoms with Crippen molar-refractivity contribution in [2.75, 3.05) is 18.0 Å². The molecule has 1 aromatic heterocycles. The standard InChI is InChI=1S/C15H24BrN3/c1-3-17-10-12-9-13(16)11-18-15(12)19(4-2)14-7-5-6-8-14/h9,11,14,17H,3-8,10H2,1-2H3. The quantitative estimate of drug-likeness (QED) is 0.863. The molecule has 1 aromatic rings. The molecule has 0 spiro atoms. The van der Waals surface area contributed by atoms with Crippen molar-refractivity contribution < 1.29 is 0 Å². The third-order valence-corrected chi connectivity index (χ3v) is 4.29. The van der Waals surface area contributed by atoms with Gasteiger partial charge in [0, 0.05) is 35.4 Å². The van der Waals surface area contributed by atoms with Gasteiger partial charge in [0.25, 0.3) is 0 Å². The van der Waals surface area contributed by atoms with E-state index < -0.39 is 0 Å². The second-order valence-corrected chi connectivity index (χ2v) is 6.06. The Kier molecular flexibility index (Phi) is 5.64. The van der Waals surface area contributed by atoms with E-state index in [2.05, 4.69) is 51.0 Å². The fourth-order valence-corrected chi connectivity index (χ4v) is 3.30. The van der Waals surface area contributed by atoms with Crippen LogP contribution in [0.25, 0.3) is 0 Å². The highest BCUT2D eigenvalue weighted by Gasteiger charge is 2.24. The highest BCUT2D eigenvalue weighted by Crippen LogP contribution is 2.30. The van der Waals surface area contributed by atoms with Crippen LogP contribution >= 0.6 is 15.9 Å². The van der Waals surface area contributed by atoms with Crippen LogP contribution in [0.3, 0.4) is 0 Å². The third kappa shape index (κ3) is 3.69. The molecule has 0 aliphatic heterocycles. The Bertz CT molecular complexity index is 402. The summed E-state index contributed by atoms with van der Waals surface area (Å²) in [6.07, 6.45) is 7.27.